The van der Waals surface area contributed by atoms with Gasteiger partial charge in [-0.15, -0.1) is 11.3 Å². The molecule has 30 heavy (non-hydrogen) atoms. The number of carbonyl (C=O) groups is 1. The largest absolute Gasteiger partial charge is 0.370 e. The van der Waals surface area contributed by atoms with E-state index in [-0.39, 0.29) is 11.5 Å². The SMILES string of the molecule is O=C(c1cccn1C1CC1)N1CCC2(CC1)OCCc1sc(-c3cnccn3)cc12. The van der Waals surface area contributed by atoms with Crippen LogP contribution in [0.15, 0.2) is 43.0 Å². The Bertz CT molecular complexity index is 1080. The molecule has 0 radical (unpaired) electrons. The van der Waals surface area contributed by atoms with E-state index in [0.29, 0.717) is 6.04 Å². The van der Waals surface area contributed by atoms with E-state index in [9.17, 15) is 4.79 Å². The topological polar surface area (TPSA) is 60.2 Å². The van der Waals surface area contributed by atoms with Gasteiger partial charge in [-0.1, -0.05) is 0 Å². The predicted molar refractivity (Wildman–Crippen MR) is 115 cm³/mol. The van der Waals surface area contributed by atoms with Gasteiger partial charge in [-0.25, -0.2) is 0 Å². The molecule has 5 heterocycles. The Kier molecular flexibility index (Phi) is 4.28. The maximum atomic E-state index is 13.2. The summed E-state index contributed by atoms with van der Waals surface area (Å²) in [5, 5.41) is 0. The molecular weight excluding hydrogens is 396 g/mol. The smallest absolute Gasteiger partial charge is 0.270 e. The Morgan fingerprint density at radius 3 is 2.87 bits per heavy atom. The third-order valence-corrected chi connectivity index (χ3v) is 7.84. The summed E-state index contributed by atoms with van der Waals surface area (Å²) in [6.07, 6.45) is 12.3. The Morgan fingerprint density at radius 2 is 2.10 bits per heavy atom. The first-order valence-electron chi connectivity index (χ1n) is 10.7. The van der Waals surface area contributed by atoms with Crippen LogP contribution in [0, 0.1) is 0 Å². The van der Waals surface area contributed by atoms with E-state index in [4.69, 9.17) is 4.74 Å². The molecule has 6 nitrogen and oxygen atoms in total. The van der Waals surface area contributed by atoms with E-state index in [1.807, 2.05) is 29.4 Å². The number of hydrogen-bond acceptors (Lipinski definition) is 5. The van der Waals surface area contributed by atoms with Gasteiger partial charge in [0.15, 0.2) is 0 Å². The molecule has 3 aliphatic rings. The lowest BCUT2D eigenvalue weighted by atomic mass is 9.82. The zero-order valence-electron chi connectivity index (χ0n) is 16.8. The van der Waals surface area contributed by atoms with E-state index in [2.05, 4.69) is 20.6 Å². The molecule has 1 aliphatic carbocycles. The van der Waals surface area contributed by atoms with Crippen molar-refractivity contribution in [2.75, 3.05) is 19.7 Å². The molecule has 7 heteroatoms. The van der Waals surface area contributed by atoms with Crippen molar-refractivity contribution in [1.29, 1.82) is 0 Å². The van der Waals surface area contributed by atoms with E-state index in [0.717, 1.165) is 55.2 Å². The van der Waals surface area contributed by atoms with Crippen LogP contribution in [0.5, 0.6) is 0 Å². The fourth-order valence-electron chi connectivity index (χ4n) is 4.86. The number of ether oxygens (including phenoxy) is 1. The van der Waals surface area contributed by atoms with Gasteiger partial charge in [-0.05, 0) is 49.4 Å². The molecule has 1 saturated heterocycles. The molecule has 0 aromatic carbocycles. The summed E-state index contributed by atoms with van der Waals surface area (Å²) >= 11 is 1.81. The third kappa shape index (κ3) is 2.99. The van der Waals surface area contributed by atoms with Crippen LogP contribution in [0.4, 0.5) is 0 Å². The monoisotopic (exact) mass is 420 g/mol. The average molecular weight is 421 g/mol. The molecule has 3 aromatic heterocycles. The van der Waals surface area contributed by atoms with Crippen LogP contribution in [-0.2, 0) is 16.8 Å². The van der Waals surface area contributed by atoms with Crippen molar-refractivity contribution < 1.29 is 9.53 Å². The van der Waals surface area contributed by atoms with Crippen molar-refractivity contribution in [1.82, 2.24) is 19.4 Å². The second-order valence-corrected chi connectivity index (χ2v) is 9.59. The summed E-state index contributed by atoms with van der Waals surface area (Å²) in [6, 6.07) is 6.72. The molecular formula is C23H24N4O2S. The van der Waals surface area contributed by atoms with Crippen LogP contribution in [0.3, 0.4) is 0 Å². The van der Waals surface area contributed by atoms with Gasteiger partial charge in [0, 0.05) is 49.0 Å². The molecule has 1 amide bonds. The van der Waals surface area contributed by atoms with Crippen LogP contribution < -0.4 is 0 Å². The van der Waals surface area contributed by atoms with Gasteiger partial charge in [0.25, 0.3) is 5.91 Å². The van der Waals surface area contributed by atoms with Gasteiger partial charge >= 0.3 is 0 Å². The molecule has 0 N–H and O–H groups in total. The predicted octanol–water partition coefficient (Wildman–Crippen LogP) is 4.05. The number of carbonyl (C=O) groups excluding carboxylic acids is 1. The molecule has 3 aromatic rings. The lowest BCUT2D eigenvalue weighted by Crippen LogP contribution is -2.48. The number of rotatable bonds is 3. The van der Waals surface area contributed by atoms with Gasteiger partial charge in [-0.2, -0.15) is 0 Å². The minimum Gasteiger partial charge on any atom is -0.370 e. The molecule has 1 saturated carbocycles. The van der Waals surface area contributed by atoms with Crippen LogP contribution in [0.1, 0.15) is 52.7 Å². The minimum atomic E-state index is -0.278. The minimum absolute atomic E-state index is 0.156. The van der Waals surface area contributed by atoms with Crippen molar-refractivity contribution in [2.24, 2.45) is 0 Å². The molecule has 1 spiro atoms. The van der Waals surface area contributed by atoms with Crippen molar-refractivity contribution in [2.45, 2.75) is 43.7 Å². The summed E-state index contributed by atoms with van der Waals surface area (Å²) in [7, 11) is 0. The summed E-state index contributed by atoms with van der Waals surface area (Å²) in [5.74, 6) is 0.156. The van der Waals surface area contributed by atoms with Gasteiger partial charge in [-0.3, -0.25) is 14.8 Å². The Morgan fingerprint density at radius 1 is 1.23 bits per heavy atom. The van der Waals surface area contributed by atoms with Crippen LogP contribution in [0.2, 0.25) is 0 Å². The number of likely N-dealkylation sites (tertiary alicyclic amines) is 1. The standard InChI is InChI=1S/C23H24N4O2S/c28-22(19-2-1-10-27(19)16-3-4-16)26-11-6-23(7-12-26)17-14-21(18-15-24-8-9-25-18)30-20(17)5-13-29-23/h1-2,8-10,14-16H,3-7,11-13H2. The molecule has 0 bridgehead atoms. The highest BCUT2D eigenvalue weighted by molar-refractivity contribution is 7.15. The highest BCUT2D eigenvalue weighted by Crippen LogP contribution is 2.46. The van der Waals surface area contributed by atoms with Crippen molar-refractivity contribution in [3.63, 3.8) is 0 Å². The van der Waals surface area contributed by atoms with Crippen LogP contribution in [0.25, 0.3) is 10.6 Å². The van der Waals surface area contributed by atoms with Crippen molar-refractivity contribution in [3.8, 4) is 10.6 Å². The fraction of sp³-hybridized carbons (Fsp3) is 0.435. The van der Waals surface area contributed by atoms with E-state index in [1.54, 1.807) is 23.7 Å². The summed E-state index contributed by atoms with van der Waals surface area (Å²) < 4.78 is 8.56. The van der Waals surface area contributed by atoms with Crippen LogP contribution >= 0.6 is 11.3 Å². The second kappa shape index (κ2) is 7.03. The van der Waals surface area contributed by atoms with E-state index < -0.39 is 0 Å². The maximum Gasteiger partial charge on any atom is 0.270 e. The zero-order chi connectivity index (χ0) is 20.1. The molecule has 2 aliphatic heterocycles. The first-order valence-corrected chi connectivity index (χ1v) is 11.5. The number of aromatic nitrogens is 3. The van der Waals surface area contributed by atoms with Gasteiger partial charge in [0.1, 0.15) is 5.69 Å². The number of piperidine rings is 1. The maximum absolute atomic E-state index is 13.2. The van der Waals surface area contributed by atoms with E-state index >= 15 is 0 Å². The Balaban J connectivity index is 1.23. The third-order valence-electron chi connectivity index (χ3n) is 6.62. The normalized spacial score (nSPS) is 20.3. The van der Waals surface area contributed by atoms with Gasteiger partial charge < -0.3 is 14.2 Å². The number of hydrogen-bond donors (Lipinski definition) is 0. The zero-order valence-corrected chi connectivity index (χ0v) is 17.6. The number of thiophene rings is 1. The summed E-state index contributed by atoms with van der Waals surface area (Å²) in [6.45, 7) is 2.20. The van der Waals surface area contributed by atoms with E-state index in [1.165, 1.54) is 23.3 Å². The second-order valence-electron chi connectivity index (χ2n) is 8.45. The molecule has 2 fully saturated rings. The number of fused-ring (bicyclic) bond motifs is 2. The molecule has 0 atom stereocenters. The quantitative estimate of drug-likeness (QED) is 0.642. The molecule has 6 rings (SSSR count). The van der Waals surface area contributed by atoms with Gasteiger partial charge in [0.2, 0.25) is 0 Å². The lowest BCUT2D eigenvalue weighted by molar-refractivity contribution is -0.0927. The summed E-state index contributed by atoms with van der Waals surface area (Å²) in [5.41, 5.74) is 2.77. The Hall–Kier alpha value is -2.51. The lowest BCUT2D eigenvalue weighted by Gasteiger charge is -2.44. The first-order chi connectivity index (χ1) is 14.7. The number of amides is 1. The Labute approximate surface area is 179 Å². The van der Waals surface area contributed by atoms with Crippen molar-refractivity contribution in [3.05, 3.63) is 59.1 Å². The van der Waals surface area contributed by atoms with Crippen molar-refractivity contribution >= 4 is 17.2 Å². The average Bonchev–Trinajstić information content (AvgIpc) is 3.34. The molecule has 154 valence electrons. The van der Waals surface area contributed by atoms with Crippen LogP contribution in [-0.4, -0.2) is 45.0 Å². The molecule has 0 unspecified atom stereocenters. The summed E-state index contributed by atoms with van der Waals surface area (Å²) in [4.78, 5) is 26.4. The first kappa shape index (κ1) is 18.3. The number of nitrogens with zero attached hydrogens (tertiary/aromatic N) is 4. The highest BCUT2D eigenvalue weighted by Gasteiger charge is 2.43. The fourth-order valence-corrected chi connectivity index (χ4v) is 6.05. The van der Waals surface area contributed by atoms with Gasteiger partial charge in [0.05, 0.1) is 29.0 Å². The highest BCUT2D eigenvalue weighted by atomic mass is 32.1.